The van der Waals surface area contributed by atoms with E-state index in [4.69, 9.17) is 4.74 Å². The van der Waals surface area contributed by atoms with Crippen molar-refractivity contribution in [3.63, 3.8) is 0 Å². The number of carbonyl (C=O) groups excluding carboxylic acids is 1. The van der Waals surface area contributed by atoms with Crippen LogP contribution in [-0.2, 0) is 11.8 Å². The average Bonchev–Trinajstić information content (AvgIpc) is 2.89. The molecular weight excluding hydrogens is 272 g/mol. The van der Waals surface area contributed by atoms with E-state index in [1.165, 1.54) is 13.4 Å². The molecule has 2 heterocycles. The molecule has 0 N–H and O–H groups in total. The van der Waals surface area contributed by atoms with E-state index in [1.807, 2.05) is 0 Å². The third-order valence-electron chi connectivity index (χ3n) is 2.96. The van der Waals surface area contributed by atoms with Crippen LogP contribution in [0.4, 0.5) is 0 Å². The monoisotopic (exact) mass is 284 g/mol. The van der Waals surface area contributed by atoms with E-state index in [1.54, 1.807) is 42.2 Å². The molecule has 7 nitrogen and oxygen atoms in total. The maximum absolute atomic E-state index is 11.5. The first-order valence-electron chi connectivity index (χ1n) is 6.18. The molecule has 0 aliphatic carbocycles. The molecule has 0 amide bonds. The molecule has 0 unspecified atom stereocenters. The maximum atomic E-state index is 11.5. The Morgan fingerprint density at radius 1 is 1.29 bits per heavy atom. The first-order valence-corrected chi connectivity index (χ1v) is 6.18. The molecule has 2 aromatic heterocycles. The number of nitrogens with zero attached hydrogens (tertiary/aromatic N) is 4. The molecule has 0 radical (unpaired) electrons. The van der Waals surface area contributed by atoms with Gasteiger partial charge < -0.3 is 9.47 Å². The van der Waals surface area contributed by atoms with Gasteiger partial charge in [0.15, 0.2) is 5.65 Å². The lowest BCUT2D eigenvalue weighted by molar-refractivity contribution is 0.0600. The second-order valence-electron chi connectivity index (χ2n) is 4.31. The van der Waals surface area contributed by atoms with Crippen LogP contribution < -0.4 is 4.74 Å². The Bertz CT molecular complexity index is 813. The fourth-order valence-electron chi connectivity index (χ4n) is 1.94. The van der Waals surface area contributed by atoms with Crippen LogP contribution in [0.1, 0.15) is 10.4 Å². The molecule has 0 saturated carbocycles. The first-order chi connectivity index (χ1) is 10.2. The quantitative estimate of drug-likeness (QED) is 0.684. The highest BCUT2D eigenvalue weighted by Gasteiger charge is 2.11. The summed E-state index contributed by atoms with van der Waals surface area (Å²) in [6.45, 7) is 0. The Morgan fingerprint density at radius 2 is 2.14 bits per heavy atom. The standard InChI is InChI=1S/C14H12N4O3/c1-18-12-11(7-17-18)13(16-8-15-12)21-10-5-3-4-9(6-10)14(19)20-2/h3-8H,1-2H3. The number of aromatic nitrogens is 4. The molecule has 0 aliphatic rings. The molecule has 0 bridgehead atoms. The highest BCUT2D eigenvalue weighted by molar-refractivity contribution is 5.89. The van der Waals surface area contributed by atoms with E-state index in [0.29, 0.717) is 28.2 Å². The second-order valence-corrected chi connectivity index (χ2v) is 4.31. The van der Waals surface area contributed by atoms with Gasteiger partial charge in [-0.25, -0.2) is 14.8 Å². The van der Waals surface area contributed by atoms with Crippen molar-refractivity contribution in [1.82, 2.24) is 19.7 Å². The van der Waals surface area contributed by atoms with Gasteiger partial charge in [-0.2, -0.15) is 5.10 Å². The fraction of sp³-hybridized carbons (Fsp3) is 0.143. The summed E-state index contributed by atoms with van der Waals surface area (Å²) in [5.74, 6) is 0.450. The minimum atomic E-state index is -0.422. The van der Waals surface area contributed by atoms with Gasteiger partial charge in [0.1, 0.15) is 17.5 Å². The summed E-state index contributed by atoms with van der Waals surface area (Å²) in [6, 6.07) is 6.69. The largest absolute Gasteiger partial charge is 0.465 e. The number of fused-ring (bicyclic) bond motifs is 1. The van der Waals surface area contributed by atoms with Crippen LogP contribution in [0.3, 0.4) is 0 Å². The van der Waals surface area contributed by atoms with E-state index in [0.717, 1.165) is 0 Å². The molecule has 1 aromatic carbocycles. The number of hydrogen-bond donors (Lipinski definition) is 0. The molecule has 0 atom stereocenters. The van der Waals surface area contributed by atoms with Gasteiger partial charge in [-0.3, -0.25) is 4.68 Å². The third kappa shape index (κ3) is 2.40. The zero-order valence-electron chi connectivity index (χ0n) is 11.5. The van der Waals surface area contributed by atoms with Crippen LogP contribution >= 0.6 is 0 Å². The molecule has 3 aromatic rings. The lowest BCUT2D eigenvalue weighted by Crippen LogP contribution is -2.01. The first kappa shape index (κ1) is 13.0. The number of benzene rings is 1. The molecule has 21 heavy (non-hydrogen) atoms. The number of rotatable bonds is 3. The van der Waals surface area contributed by atoms with Gasteiger partial charge in [-0.05, 0) is 18.2 Å². The van der Waals surface area contributed by atoms with Crippen molar-refractivity contribution in [2.45, 2.75) is 0 Å². The Hall–Kier alpha value is -2.96. The summed E-state index contributed by atoms with van der Waals surface area (Å²) in [7, 11) is 3.12. The van der Waals surface area contributed by atoms with Gasteiger partial charge >= 0.3 is 5.97 Å². The summed E-state index contributed by atoms with van der Waals surface area (Å²) < 4.78 is 12.0. The van der Waals surface area contributed by atoms with Gasteiger partial charge in [-0.1, -0.05) is 6.07 Å². The van der Waals surface area contributed by atoms with Gasteiger partial charge in [0.2, 0.25) is 5.88 Å². The Labute approximate surface area is 120 Å². The van der Waals surface area contributed by atoms with E-state index in [9.17, 15) is 4.79 Å². The van der Waals surface area contributed by atoms with Crippen molar-refractivity contribution in [3.05, 3.63) is 42.4 Å². The minimum absolute atomic E-state index is 0.384. The van der Waals surface area contributed by atoms with Crippen molar-refractivity contribution in [2.75, 3.05) is 7.11 Å². The minimum Gasteiger partial charge on any atom is -0.465 e. The third-order valence-corrected chi connectivity index (χ3v) is 2.96. The predicted molar refractivity (Wildman–Crippen MR) is 74.2 cm³/mol. The van der Waals surface area contributed by atoms with Crippen LogP contribution in [0, 0.1) is 0 Å². The topological polar surface area (TPSA) is 79.1 Å². The number of ether oxygens (including phenoxy) is 2. The fourth-order valence-corrected chi connectivity index (χ4v) is 1.94. The highest BCUT2D eigenvalue weighted by Crippen LogP contribution is 2.26. The van der Waals surface area contributed by atoms with Crippen molar-refractivity contribution in [2.24, 2.45) is 7.05 Å². The number of aryl methyl sites for hydroxylation is 1. The molecule has 0 aliphatic heterocycles. The van der Waals surface area contributed by atoms with Crippen LogP contribution in [0.15, 0.2) is 36.8 Å². The van der Waals surface area contributed by atoms with Crippen LogP contribution in [0.2, 0.25) is 0 Å². The molecule has 0 fully saturated rings. The number of methoxy groups -OCH3 is 1. The van der Waals surface area contributed by atoms with Crippen LogP contribution in [0.5, 0.6) is 11.6 Å². The average molecular weight is 284 g/mol. The van der Waals surface area contributed by atoms with Gasteiger partial charge in [0, 0.05) is 7.05 Å². The van der Waals surface area contributed by atoms with Gasteiger partial charge in [-0.15, -0.1) is 0 Å². The van der Waals surface area contributed by atoms with Crippen LogP contribution in [-0.4, -0.2) is 32.8 Å². The number of carbonyl (C=O) groups is 1. The Morgan fingerprint density at radius 3 is 2.95 bits per heavy atom. The number of hydrogen-bond acceptors (Lipinski definition) is 6. The Kier molecular flexibility index (Phi) is 3.23. The zero-order valence-corrected chi connectivity index (χ0v) is 11.5. The summed E-state index contributed by atoms with van der Waals surface area (Å²) in [5, 5.41) is 4.81. The molecular formula is C14H12N4O3. The lowest BCUT2D eigenvalue weighted by Gasteiger charge is -2.06. The second kappa shape index (κ2) is 5.20. The zero-order chi connectivity index (χ0) is 14.8. The van der Waals surface area contributed by atoms with Crippen molar-refractivity contribution < 1.29 is 14.3 Å². The maximum Gasteiger partial charge on any atom is 0.337 e. The van der Waals surface area contributed by atoms with Gasteiger partial charge in [0.25, 0.3) is 0 Å². The summed E-state index contributed by atoms with van der Waals surface area (Å²) in [4.78, 5) is 19.8. The number of esters is 1. The predicted octanol–water partition coefficient (Wildman–Crippen LogP) is 1.94. The van der Waals surface area contributed by atoms with E-state index >= 15 is 0 Å². The molecule has 7 heteroatoms. The van der Waals surface area contributed by atoms with Gasteiger partial charge in [0.05, 0.1) is 18.9 Å². The van der Waals surface area contributed by atoms with Crippen molar-refractivity contribution in [3.8, 4) is 11.6 Å². The van der Waals surface area contributed by atoms with E-state index < -0.39 is 5.97 Å². The van der Waals surface area contributed by atoms with Crippen molar-refractivity contribution in [1.29, 1.82) is 0 Å². The SMILES string of the molecule is COC(=O)c1cccc(Oc2ncnc3c2cnn3C)c1. The van der Waals surface area contributed by atoms with E-state index in [-0.39, 0.29) is 0 Å². The normalized spacial score (nSPS) is 10.6. The summed E-state index contributed by atoms with van der Waals surface area (Å²) >= 11 is 0. The van der Waals surface area contributed by atoms with E-state index in [2.05, 4.69) is 19.8 Å². The smallest absolute Gasteiger partial charge is 0.337 e. The highest BCUT2D eigenvalue weighted by atomic mass is 16.5. The Balaban J connectivity index is 1.97. The van der Waals surface area contributed by atoms with Crippen LogP contribution in [0.25, 0.3) is 11.0 Å². The molecule has 0 saturated heterocycles. The molecule has 0 spiro atoms. The summed E-state index contributed by atoms with van der Waals surface area (Å²) in [5.41, 5.74) is 1.08. The molecule has 3 rings (SSSR count). The lowest BCUT2D eigenvalue weighted by atomic mass is 10.2. The summed E-state index contributed by atoms with van der Waals surface area (Å²) in [6.07, 6.45) is 3.04. The molecule has 106 valence electrons. The van der Waals surface area contributed by atoms with Crippen molar-refractivity contribution >= 4 is 17.0 Å².